The summed E-state index contributed by atoms with van der Waals surface area (Å²) < 4.78 is 6.06. The number of guanidine groups is 1. The third-order valence-electron chi connectivity index (χ3n) is 4.04. The number of aryl methyl sites for hydroxylation is 1. The number of aliphatic hydroxyl groups is 1. The van der Waals surface area contributed by atoms with E-state index in [-0.39, 0.29) is 42.1 Å². The van der Waals surface area contributed by atoms with Gasteiger partial charge in [0.2, 0.25) is 0 Å². The van der Waals surface area contributed by atoms with E-state index in [1.807, 2.05) is 20.8 Å². The van der Waals surface area contributed by atoms with Crippen LogP contribution in [0.25, 0.3) is 0 Å². The second-order valence-corrected chi connectivity index (χ2v) is 7.32. The topological polar surface area (TPSA) is 65.9 Å². The number of rotatable bonds is 9. The van der Waals surface area contributed by atoms with Crippen LogP contribution in [0.5, 0.6) is 5.75 Å². The molecule has 0 aromatic heterocycles. The highest BCUT2D eigenvalue weighted by Gasteiger charge is 2.16. The van der Waals surface area contributed by atoms with Crippen molar-refractivity contribution in [3.05, 3.63) is 29.3 Å². The summed E-state index contributed by atoms with van der Waals surface area (Å²) in [6.45, 7) is 14.5. The average Bonchev–Trinajstić information content (AvgIpc) is 2.58. The second-order valence-electron chi connectivity index (χ2n) is 7.32. The Kier molecular flexibility index (Phi) is 11.9. The third-order valence-corrected chi connectivity index (χ3v) is 4.04. The maximum Gasteiger partial charge on any atom is 0.191 e. The summed E-state index contributed by atoms with van der Waals surface area (Å²) in [6.07, 6.45) is 1.15. The maximum absolute atomic E-state index is 9.40. The summed E-state index contributed by atoms with van der Waals surface area (Å²) in [5.74, 6) is 1.66. The molecule has 0 aliphatic carbocycles. The minimum Gasteiger partial charge on any atom is -0.490 e. The second kappa shape index (κ2) is 12.4. The summed E-state index contributed by atoms with van der Waals surface area (Å²) >= 11 is 0. The molecule has 0 amide bonds. The first-order valence-corrected chi connectivity index (χ1v) is 9.20. The highest BCUT2D eigenvalue weighted by atomic mass is 127. The van der Waals surface area contributed by atoms with Gasteiger partial charge in [-0.3, -0.25) is 0 Å². The number of hydrogen-bond donors (Lipinski definition) is 3. The quantitative estimate of drug-likeness (QED) is 0.287. The van der Waals surface area contributed by atoms with Gasteiger partial charge < -0.3 is 20.5 Å². The number of halogens is 1. The van der Waals surface area contributed by atoms with Gasteiger partial charge in [-0.2, -0.15) is 0 Å². The van der Waals surface area contributed by atoms with Crippen molar-refractivity contribution in [2.45, 2.75) is 60.6 Å². The fourth-order valence-corrected chi connectivity index (χ4v) is 2.09. The molecular formula is C20H36IN3O2. The molecule has 1 aromatic carbocycles. The lowest BCUT2D eigenvalue weighted by Gasteiger charge is -2.23. The van der Waals surface area contributed by atoms with Crippen LogP contribution in [0.4, 0.5) is 0 Å². The standard InChI is InChI=1S/C20H35N3O2.HI/c1-7-16(4)25-18-11-15(3)9-10-17(18)12-22-19(21-8-2)23-13-20(5,6)14-24;/h9-11,16,24H,7-8,12-14H2,1-6H3,(H2,21,22,23);1H. The third kappa shape index (κ3) is 9.07. The number of nitrogens with zero attached hydrogens (tertiary/aromatic N) is 1. The smallest absolute Gasteiger partial charge is 0.191 e. The van der Waals surface area contributed by atoms with Crippen molar-refractivity contribution in [2.24, 2.45) is 10.4 Å². The number of hydrogen-bond acceptors (Lipinski definition) is 3. The van der Waals surface area contributed by atoms with Crippen LogP contribution in [0.15, 0.2) is 23.2 Å². The summed E-state index contributed by atoms with van der Waals surface area (Å²) in [6, 6.07) is 6.24. The number of ether oxygens (including phenoxy) is 1. The molecule has 3 N–H and O–H groups in total. The van der Waals surface area contributed by atoms with Crippen LogP contribution in [-0.4, -0.2) is 36.9 Å². The van der Waals surface area contributed by atoms with Crippen LogP contribution in [0.3, 0.4) is 0 Å². The van der Waals surface area contributed by atoms with Crippen LogP contribution in [-0.2, 0) is 6.54 Å². The summed E-state index contributed by atoms with van der Waals surface area (Å²) in [5.41, 5.74) is 2.07. The highest BCUT2D eigenvalue weighted by Crippen LogP contribution is 2.23. The molecule has 1 aromatic rings. The minimum absolute atomic E-state index is 0. The number of nitrogens with one attached hydrogen (secondary N) is 2. The molecule has 26 heavy (non-hydrogen) atoms. The molecule has 0 fully saturated rings. The fraction of sp³-hybridized carbons (Fsp3) is 0.650. The van der Waals surface area contributed by atoms with Crippen molar-refractivity contribution in [3.8, 4) is 5.75 Å². The number of benzene rings is 1. The SMILES string of the molecule is CCNC(=NCc1ccc(C)cc1OC(C)CC)NCC(C)(C)CO.I. The fourth-order valence-electron chi connectivity index (χ4n) is 2.09. The van der Waals surface area contributed by atoms with Crippen LogP contribution in [0, 0.1) is 12.3 Å². The van der Waals surface area contributed by atoms with Crippen LogP contribution < -0.4 is 15.4 Å². The lowest BCUT2D eigenvalue weighted by Crippen LogP contribution is -2.43. The summed E-state index contributed by atoms with van der Waals surface area (Å²) in [5, 5.41) is 15.9. The van der Waals surface area contributed by atoms with Crippen molar-refractivity contribution in [1.29, 1.82) is 0 Å². The zero-order chi connectivity index (χ0) is 18.9. The van der Waals surface area contributed by atoms with E-state index in [0.717, 1.165) is 30.2 Å². The molecule has 0 heterocycles. The molecule has 5 nitrogen and oxygen atoms in total. The molecule has 0 spiro atoms. The van der Waals surface area contributed by atoms with Gasteiger partial charge in [-0.1, -0.05) is 32.9 Å². The molecule has 1 atom stereocenters. The highest BCUT2D eigenvalue weighted by molar-refractivity contribution is 14.0. The van der Waals surface area contributed by atoms with Gasteiger partial charge in [0.15, 0.2) is 5.96 Å². The van der Waals surface area contributed by atoms with Gasteiger partial charge in [0.25, 0.3) is 0 Å². The Balaban J connectivity index is 0.00000625. The molecule has 0 saturated carbocycles. The van der Waals surface area contributed by atoms with E-state index in [1.54, 1.807) is 0 Å². The molecule has 0 aliphatic rings. The molecule has 150 valence electrons. The van der Waals surface area contributed by atoms with E-state index in [9.17, 15) is 5.11 Å². The first-order valence-electron chi connectivity index (χ1n) is 9.20. The van der Waals surface area contributed by atoms with Gasteiger partial charge in [0.05, 0.1) is 12.6 Å². The van der Waals surface area contributed by atoms with E-state index >= 15 is 0 Å². The lowest BCUT2D eigenvalue weighted by atomic mass is 9.95. The van der Waals surface area contributed by atoms with Gasteiger partial charge in [0, 0.05) is 30.7 Å². The molecule has 0 saturated heterocycles. The van der Waals surface area contributed by atoms with Crippen molar-refractivity contribution in [3.63, 3.8) is 0 Å². The molecule has 0 bridgehead atoms. The van der Waals surface area contributed by atoms with Gasteiger partial charge in [0.1, 0.15) is 5.75 Å². The monoisotopic (exact) mass is 477 g/mol. The molecule has 0 radical (unpaired) electrons. The zero-order valence-corrected chi connectivity index (χ0v) is 19.4. The lowest BCUT2D eigenvalue weighted by molar-refractivity contribution is 0.162. The van der Waals surface area contributed by atoms with E-state index in [1.165, 1.54) is 5.56 Å². The Bertz CT molecular complexity index is 562. The van der Waals surface area contributed by atoms with Crippen LogP contribution in [0.1, 0.15) is 52.2 Å². The summed E-state index contributed by atoms with van der Waals surface area (Å²) in [4.78, 5) is 4.68. The van der Waals surface area contributed by atoms with Crippen LogP contribution >= 0.6 is 24.0 Å². The zero-order valence-electron chi connectivity index (χ0n) is 17.1. The molecule has 1 unspecified atom stereocenters. The summed E-state index contributed by atoms with van der Waals surface area (Å²) in [7, 11) is 0. The van der Waals surface area contributed by atoms with Crippen LogP contribution in [0.2, 0.25) is 0 Å². The Morgan fingerprint density at radius 3 is 2.54 bits per heavy atom. The largest absolute Gasteiger partial charge is 0.490 e. The van der Waals surface area contributed by atoms with Crippen molar-refractivity contribution >= 4 is 29.9 Å². The number of aliphatic imine (C=N–C) groups is 1. The van der Waals surface area contributed by atoms with Gasteiger partial charge >= 0.3 is 0 Å². The first-order chi connectivity index (χ1) is 11.8. The van der Waals surface area contributed by atoms with E-state index in [0.29, 0.717) is 13.1 Å². The Morgan fingerprint density at radius 2 is 1.96 bits per heavy atom. The van der Waals surface area contributed by atoms with E-state index in [2.05, 4.69) is 54.6 Å². The predicted molar refractivity (Wildman–Crippen MR) is 121 cm³/mol. The van der Waals surface area contributed by atoms with Crippen molar-refractivity contribution in [2.75, 3.05) is 19.7 Å². The predicted octanol–water partition coefficient (Wildman–Crippen LogP) is 3.86. The van der Waals surface area contributed by atoms with E-state index in [4.69, 9.17) is 4.74 Å². The molecule has 6 heteroatoms. The van der Waals surface area contributed by atoms with Gasteiger partial charge in [-0.15, -0.1) is 24.0 Å². The van der Waals surface area contributed by atoms with Gasteiger partial charge in [-0.05, 0) is 38.8 Å². The normalized spacial score (nSPS) is 13.0. The molecule has 1 rings (SSSR count). The van der Waals surface area contributed by atoms with E-state index < -0.39 is 0 Å². The van der Waals surface area contributed by atoms with Crippen molar-refractivity contribution < 1.29 is 9.84 Å². The Hall–Kier alpha value is -1.02. The minimum atomic E-state index is -0.190. The Labute approximate surface area is 176 Å². The Morgan fingerprint density at radius 1 is 1.27 bits per heavy atom. The molecular weight excluding hydrogens is 441 g/mol. The average molecular weight is 477 g/mol. The number of aliphatic hydroxyl groups excluding tert-OH is 1. The molecule has 0 aliphatic heterocycles. The maximum atomic E-state index is 9.40. The first kappa shape index (κ1) is 25.0. The van der Waals surface area contributed by atoms with Gasteiger partial charge in [-0.25, -0.2) is 4.99 Å². The van der Waals surface area contributed by atoms with Crippen molar-refractivity contribution in [1.82, 2.24) is 10.6 Å².